The summed E-state index contributed by atoms with van der Waals surface area (Å²) in [5, 5.41) is 3.27. The molecule has 1 rings (SSSR count). The van der Waals surface area contributed by atoms with Gasteiger partial charge in [-0.1, -0.05) is 18.9 Å². The Kier molecular flexibility index (Phi) is 4.01. The Morgan fingerprint density at radius 3 is 2.75 bits per heavy atom. The molecule has 0 atom stereocenters. The molecule has 2 nitrogen and oxygen atoms in total. The Balaban J connectivity index is 2.07. The van der Waals surface area contributed by atoms with Gasteiger partial charge in [-0.3, -0.25) is 4.79 Å². The molecule has 0 heterocycles. The zero-order valence-corrected chi connectivity index (χ0v) is 7.51. The molecule has 0 saturated heterocycles. The number of hydrogen-bond acceptors (Lipinski definition) is 2. The number of carbonyl (C=O) groups is 1. The lowest BCUT2D eigenvalue weighted by Gasteiger charge is -2.09. The van der Waals surface area contributed by atoms with Gasteiger partial charge < -0.3 is 5.32 Å². The van der Waals surface area contributed by atoms with Gasteiger partial charge in [0.15, 0.2) is 0 Å². The first-order chi connectivity index (χ1) is 5.83. The molecule has 1 saturated carbocycles. The summed E-state index contributed by atoms with van der Waals surface area (Å²) >= 11 is 0. The van der Waals surface area contributed by atoms with E-state index in [0.29, 0.717) is 19.0 Å². The maximum Gasteiger partial charge on any atom is 0.150 e. The Morgan fingerprint density at radius 2 is 2.17 bits per heavy atom. The van der Waals surface area contributed by atoms with E-state index in [4.69, 9.17) is 0 Å². The van der Waals surface area contributed by atoms with Gasteiger partial charge in [0.25, 0.3) is 0 Å². The largest absolute Gasteiger partial charge is 0.307 e. The van der Waals surface area contributed by atoms with Crippen LogP contribution in [0, 0.1) is 0 Å². The normalized spacial score (nSPS) is 18.0. The monoisotopic (exact) mass is 167 g/mol. The van der Waals surface area contributed by atoms with Gasteiger partial charge in [0.2, 0.25) is 0 Å². The molecule has 0 amide bonds. The van der Waals surface area contributed by atoms with E-state index >= 15 is 0 Å². The van der Waals surface area contributed by atoms with Crippen molar-refractivity contribution in [3.8, 4) is 0 Å². The number of nitrogens with one attached hydrogen (secondary N) is 1. The number of rotatable bonds is 5. The van der Waals surface area contributed by atoms with Crippen molar-refractivity contribution in [1.29, 1.82) is 0 Å². The standard InChI is InChI=1S/C10H17NO/c1-2-5-10(12)8-11-9-6-3-4-7-9/h2,9,11H,1,3-8H2. The zero-order chi connectivity index (χ0) is 8.81. The van der Waals surface area contributed by atoms with Crippen LogP contribution in [0.4, 0.5) is 0 Å². The van der Waals surface area contributed by atoms with E-state index in [1.807, 2.05) is 0 Å². The van der Waals surface area contributed by atoms with Gasteiger partial charge in [-0.15, -0.1) is 6.58 Å². The quantitative estimate of drug-likeness (QED) is 0.631. The molecule has 1 aliphatic carbocycles. The second-order valence-corrected chi connectivity index (χ2v) is 3.39. The van der Waals surface area contributed by atoms with Crippen molar-refractivity contribution in [3.63, 3.8) is 0 Å². The summed E-state index contributed by atoms with van der Waals surface area (Å²) in [6, 6.07) is 0.596. The van der Waals surface area contributed by atoms with Crippen LogP contribution in [0.2, 0.25) is 0 Å². The molecule has 0 aromatic carbocycles. The molecule has 1 aliphatic rings. The fourth-order valence-corrected chi connectivity index (χ4v) is 1.62. The van der Waals surface area contributed by atoms with Gasteiger partial charge in [-0.25, -0.2) is 0 Å². The summed E-state index contributed by atoms with van der Waals surface area (Å²) < 4.78 is 0. The fourth-order valence-electron chi connectivity index (χ4n) is 1.62. The minimum absolute atomic E-state index is 0.247. The molecule has 1 N–H and O–H groups in total. The van der Waals surface area contributed by atoms with Crippen molar-refractivity contribution in [1.82, 2.24) is 5.32 Å². The van der Waals surface area contributed by atoms with E-state index in [-0.39, 0.29) is 5.78 Å². The molecule has 12 heavy (non-hydrogen) atoms. The highest BCUT2D eigenvalue weighted by Gasteiger charge is 2.14. The molecular weight excluding hydrogens is 150 g/mol. The third-order valence-corrected chi connectivity index (χ3v) is 2.32. The lowest BCUT2D eigenvalue weighted by atomic mass is 10.2. The molecule has 68 valence electrons. The molecule has 0 aromatic heterocycles. The topological polar surface area (TPSA) is 29.1 Å². The fraction of sp³-hybridized carbons (Fsp3) is 0.700. The Morgan fingerprint density at radius 1 is 1.50 bits per heavy atom. The number of Topliss-reactive ketones (excluding diaryl/α,β-unsaturated/α-hetero) is 1. The summed E-state index contributed by atoms with van der Waals surface area (Å²) in [4.78, 5) is 11.1. The van der Waals surface area contributed by atoms with Gasteiger partial charge in [-0.2, -0.15) is 0 Å². The van der Waals surface area contributed by atoms with Crippen LogP contribution in [-0.4, -0.2) is 18.4 Å². The van der Waals surface area contributed by atoms with Crippen LogP contribution in [-0.2, 0) is 4.79 Å². The van der Waals surface area contributed by atoms with E-state index < -0.39 is 0 Å². The highest BCUT2D eigenvalue weighted by Crippen LogP contribution is 2.17. The summed E-state index contributed by atoms with van der Waals surface area (Å²) in [7, 11) is 0. The van der Waals surface area contributed by atoms with Crippen LogP contribution in [0.1, 0.15) is 32.1 Å². The predicted octanol–water partition coefficient (Wildman–Crippen LogP) is 1.66. The lowest BCUT2D eigenvalue weighted by Crippen LogP contribution is -2.31. The van der Waals surface area contributed by atoms with Crippen molar-refractivity contribution >= 4 is 5.78 Å². The third-order valence-electron chi connectivity index (χ3n) is 2.32. The van der Waals surface area contributed by atoms with Gasteiger partial charge in [0.05, 0.1) is 6.54 Å². The Hall–Kier alpha value is -0.630. The van der Waals surface area contributed by atoms with Crippen molar-refractivity contribution in [2.75, 3.05) is 6.54 Å². The van der Waals surface area contributed by atoms with E-state index in [2.05, 4.69) is 11.9 Å². The highest BCUT2D eigenvalue weighted by molar-refractivity contribution is 5.81. The average molecular weight is 167 g/mol. The summed E-state index contributed by atoms with van der Waals surface area (Å²) in [6.07, 6.45) is 7.27. The van der Waals surface area contributed by atoms with Crippen molar-refractivity contribution in [2.24, 2.45) is 0 Å². The second kappa shape index (κ2) is 5.09. The first-order valence-corrected chi connectivity index (χ1v) is 4.69. The third kappa shape index (κ3) is 3.18. The minimum atomic E-state index is 0.247. The molecular formula is C10H17NO. The van der Waals surface area contributed by atoms with Crippen LogP contribution in [0.5, 0.6) is 0 Å². The highest BCUT2D eigenvalue weighted by atomic mass is 16.1. The molecule has 0 bridgehead atoms. The first kappa shape index (κ1) is 9.46. The Bertz CT molecular complexity index is 159. The molecule has 0 spiro atoms. The summed E-state index contributed by atoms with van der Waals surface area (Å²) in [6.45, 7) is 4.06. The molecule has 1 fully saturated rings. The number of hydrogen-bond donors (Lipinski definition) is 1. The SMILES string of the molecule is C=CCC(=O)CNC1CCCC1. The maximum absolute atomic E-state index is 11.1. The van der Waals surface area contributed by atoms with Crippen LogP contribution in [0.3, 0.4) is 0 Å². The molecule has 0 aromatic rings. The van der Waals surface area contributed by atoms with E-state index in [0.717, 1.165) is 0 Å². The smallest absolute Gasteiger partial charge is 0.150 e. The van der Waals surface area contributed by atoms with Crippen LogP contribution >= 0.6 is 0 Å². The lowest BCUT2D eigenvalue weighted by molar-refractivity contribution is -0.117. The van der Waals surface area contributed by atoms with Crippen molar-refractivity contribution < 1.29 is 4.79 Å². The summed E-state index contributed by atoms with van der Waals surface area (Å²) in [5.74, 6) is 0.247. The average Bonchev–Trinajstić information content (AvgIpc) is 2.53. The molecule has 0 aliphatic heterocycles. The van der Waals surface area contributed by atoms with Gasteiger partial charge in [-0.05, 0) is 12.8 Å². The van der Waals surface area contributed by atoms with Crippen LogP contribution < -0.4 is 5.32 Å². The number of ketones is 1. The van der Waals surface area contributed by atoms with Crippen molar-refractivity contribution in [3.05, 3.63) is 12.7 Å². The molecule has 2 heteroatoms. The molecule has 0 unspecified atom stereocenters. The minimum Gasteiger partial charge on any atom is -0.307 e. The number of allylic oxidation sites excluding steroid dienone is 1. The van der Waals surface area contributed by atoms with Gasteiger partial charge in [0, 0.05) is 12.5 Å². The predicted molar refractivity (Wildman–Crippen MR) is 50.1 cm³/mol. The summed E-state index contributed by atoms with van der Waals surface area (Å²) in [5.41, 5.74) is 0. The van der Waals surface area contributed by atoms with Gasteiger partial charge in [0.1, 0.15) is 5.78 Å². The van der Waals surface area contributed by atoms with E-state index in [9.17, 15) is 4.79 Å². The molecule has 0 radical (unpaired) electrons. The number of carbonyl (C=O) groups excluding carboxylic acids is 1. The van der Waals surface area contributed by atoms with Crippen molar-refractivity contribution in [2.45, 2.75) is 38.1 Å². The van der Waals surface area contributed by atoms with Gasteiger partial charge >= 0.3 is 0 Å². The second-order valence-electron chi connectivity index (χ2n) is 3.39. The zero-order valence-electron chi connectivity index (χ0n) is 7.51. The first-order valence-electron chi connectivity index (χ1n) is 4.69. The van der Waals surface area contributed by atoms with Crippen LogP contribution in [0.25, 0.3) is 0 Å². The Labute approximate surface area is 74.0 Å². The van der Waals surface area contributed by atoms with Crippen LogP contribution in [0.15, 0.2) is 12.7 Å². The van der Waals surface area contributed by atoms with E-state index in [1.165, 1.54) is 25.7 Å². The van der Waals surface area contributed by atoms with E-state index in [1.54, 1.807) is 6.08 Å². The maximum atomic E-state index is 11.1.